The number of carbonyl (C=O) groups is 1. The number of amides is 1. The third-order valence-corrected chi connectivity index (χ3v) is 7.87. The minimum absolute atomic E-state index is 0.0697. The first-order valence-corrected chi connectivity index (χ1v) is 14.5. The van der Waals surface area contributed by atoms with Gasteiger partial charge in [0, 0.05) is 38.2 Å². The quantitative estimate of drug-likeness (QED) is 0.313. The highest BCUT2D eigenvalue weighted by molar-refractivity contribution is 5.91. The summed E-state index contributed by atoms with van der Waals surface area (Å²) in [7, 11) is 0. The molecular weight excluding hydrogens is 570 g/mol. The molecule has 1 aromatic carbocycles. The van der Waals surface area contributed by atoms with Crippen LogP contribution in [0.5, 0.6) is 11.5 Å². The summed E-state index contributed by atoms with van der Waals surface area (Å²) in [6.45, 7) is 10.8. The zero-order valence-electron chi connectivity index (χ0n) is 24.7. The molecule has 228 valence electrons. The van der Waals surface area contributed by atoms with Gasteiger partial charge in [-0.05, 0) is 37.1 Å². The van der Waals surface area contributed by atoms with Gasteiger partial charge in [-0.2, -0.15) is 4.98 Å². The van der Waals surface area contributed by atoms with Crippen LogP contribution in [0, 0.1) is 11.6 Å². The molecule has 1 atom stereocenters. The Balaban J connectivity index is 1.66. The number of carbonyl (C=O) groups excluding carboxylic acids is 1. The van der Waals surface area contributed by atoms with Crippen LogP contribution >= 0.6 is 0 Å². The van der Waals surface area contributed by atoms with Crippen LogP contribution < -0.4 is 20.1 Å². The number of halogens is 2. The van der Waals surface area contributed by atoms with Crippen LogP contribution in [-0.4, -0.2) is 69.2 Å². The lowest BCUT2D eigenvalue weighted by Crippen LogP contribution is -2.54. The molecule has 1 fully saturated rings. The number of hydrogen-bond donors (Lipinski definition) is 0. The van der Waals surface area contributed by atoms with Gasteiger partial charge in [-0.3, -0.25) is 9.78 Å². The van der Waals surface area contributed by atoms with E-state index in [1.807, 2.05) is 25.7 Å². The fourth-order valence-electron chi connectivity index (χ4n) is 5.75. The molecule has 0 saturated carbocycles. The average molecular weight is 603 g/mol. The van der Waals surface area contributed by atoms with Gasteiger partial charge in [0.2, 0.25) is 5.91 Å². The maximum absolute atomic E-state index is 16.1. The molecule has 44 heavy (non-hydrogen) atoms. The fourth-order valence-corrected chi connectivity index (χ4v) is 5.75. The minimum atomic E-state index is -0.805. The highest BCUT2D eigenvalue weighted by Crippen LogP contribution is 2.37. The second-order valence-electron chi connectivity index (χ2n) is 11.2. The molecule has 0 radical (unpaired) electrons. The Hall–Kier alpha value is -4.87. The largest absolute Gasteiger partial charge is 0.493 e. The number of anilines is 1. The smallest absolute Gasteiger partial charge is 0.355 e. The second kappa shape index (κ2) is 11.7. The highest BCUT2D eigenvalue weighted by Gasteiger charge is 2.31. The Morgan fingerprint density at radius 1 is 1.11 bits per heavy atom. The molecule has 3 aromatic heterocycles. The molecular formula is C32H32F2N6O4. The van der Waals surface area contributed by atoms with E-state index in [1.165, 1.54) is 28.8 Å². The Bertz CT molecular complexity index is 1840. The zero-order chi connectivity index (χ0) is 31.1. The van der Waals surface area contributed by atoms with E-state index in [-0.39, 0.29) is 64.9 Å². The average Bonchev–Trinajstić information content (AvgIpc) is 3.00. The lowest BCUT2D eigenvalue weighted by atomic mass is 10.1. The summed E-state index contributed by atoms with van der Waals surface area (Å²) >= 11 is 0. The first-order valence-electron chi connectivity index (χ1n) is 14.5. The van der Waals surface area contributed by atoms with Crippen LogP contribution in [0.1, 0.15) is 38.8 Å². The summed E-state index contributed by atoms with van der Waals surface area (Å²) in [4.78, 5) is 43.6. The van der Waals surface area contributed by atoms with Gasteiger partial charge in [0.25, 0.3) is 0 Å². The second-order valence-corrected chi connectivity index (χ2v) is 11.2. The van der Waals surface area contributed by atoms with Crippen molar-refractivity contribution >= 4 is 22.8 Å². The molecule has 1 saturated heterocycles. The van der Waals surface area contributed by atoms with Crippen molar-refractivity contribution in [2.75, 3.05) is 37.7 Å². The van der Waals surface area contributed by atoms with Crippen LogP contribution in [0.4, 0.5) is 14.6 Å². The molecule has 5 heterocycles. The number of benzene rings is 1. The van der Waals surface area contributed by atoms with Crippen molar-refractivity contribution in [3.63, 3.8) is 0 Å². The Morgan fingerprint density at radius 2 is 1.91 bits per heavy atom. The number of fused-ring (bicyclic) bond motifs is 6. The number of ether oxygens (including phenoxy) is 2. The SMILES string of the molecule is C=CC(=O)N1CCN(c2nc(=O)n3c4nc(c(F)cc24)-c2c(F)cccc2OCCCOc2cnc(C(C)C)c-3c2)[C@@H](C)C1. The van der Waals surface area contributed by atoms with Crippen LogP contribution in [0.3, 0.4) is 0 Å². The Kier molecular flexibility index (Phi) is 7.74. The van der Waals surface area contributed by atoms with Gasteiger partial charge in [-0.25, -0.2) is 23.1 Å². The number of piperazine rings is 1. The number of hydrogen-bond acceptors (Lipinski definition) is 8. The number of nitrogens with zero attached hydrogens (tertiary/aromatic N) is 6. The maximum Gasteiger partial charge on any atom is 0.355 e. The van der Waals surface area contributed by atoms with Gasteiger partial charge in [0.15, 0.2) is 11.5 Å². The van der Waals surface area contributed by atoms with E-state index in [9.17, 15) is 9.59 Å². The van der Waals surface area contributed by atoms with Crippen molar-refractivity contribution < 1.29 is 23.0 Å². The van der Waals surface area contributed by atoms with Crippen molar-refractivity contribution in [1.82, 2.24) is 24.4 Å². The van der Waals surface area contributed by atoms with Crippen molar-refractivity contribution in [1.29, 1.82) is 0 Å². The predicted molar refractivity (Wildman–Crippen MR) is 162 cm³/mol. The molecule has 0 N–H and O–H groups in total. The van der Waals surface area contributed by atoms with Crippen LogP contribution in [0.2, 0.25) is 0 Å². The first-order chi connectivity index (χ1) is 21.2. The monoisotopic (exact) mass is 602 g/mol. The molecule has 4 aromatic rings. The van der Waals surface area contributed by atoms with E-state index in [1.54, 1.807) is 23.2 Å². The summed E-state index contributed by atoms with van der Waals surface area (Å²) < 4.78 is 44.6. The van der Waals surface area contributed by atoms with Crippen LogP contribution in [0.15, 0.2) is 54.0 Å². The highest BCUT2D eigenvalue weighted by atomic mass is 19.1. The molecule has 2 aliphatic rings. The summed E-state index contributed by atoms with van der Waals surface area (Å²) in [6, 6.07) is 6.90. The third-order valence-electron chi connectivity index (χ3n) is 7.87. The van der Waals surface area contributed by atoms with Crippen molar-refractivity contribution in [3.8, 4) is 28.4 Å². The number of rotatable bonds is 3. The van der Waals surface area contributed by atoms with E-state index in [2.05, 4.69) is 21.5 Å². The summed E-state index contributed by atoms with van der Waals surface area (Å²) in [5.41, 5.74) is -0.0902. The van der Waals surface area contributed by atoms with Crippen molar-refractivity contribution in [2.24, 2.45) is 0 Å². The lowest BCUT2D eigenvalue weighted by molar-refractivity contribution is -0.126. The fraction of sp³-hybridized carbons (Fsp3) is 0.344. The Labute approximate surface area is 252 Å². The molecule has 4 bridgehead atoms. The van der Waals surface area contributed by atoms with Crippen LogP contribution in [0.25, 0.3) is 28.0 Å². The molecule has 10 nitrogen and oxygen atoms in total. The van der Waals surface area contributed by atoms with Gasteiger partial charge in [-0.15, -0.1) is 0 Å². The zero-order valence-corrected chi connectivity index (χ0v) is 24.7. The van der Waals surface area contributed by atoms with E-state index in [4.69, 9.17) is 9.47 Å². The maximum atomic E-state index is 16.1. The molecule has 0 aliphatic carbocycles. The minimum Gasteiger partial charge on any atom is -0.493 e. The van der Waals surface area contributed by atoms with Gasteiger partial charge in [0.05, 0.1) is 41.7 Å². The van der Waals surface area contributed by atoms with Crippen molar-refractivity contribution in [3.05, 3.63) is 77.0 Å². The van der Waals surface area contributed by atoms with Gasteiger partial charge >= 0.3 is 5.69 Å². The molecule has 2 aliphatic heterocycles. The lowest BCUT2D eigenvalue weighted by Gasteiger charge is -2.40. The molecule has 6 rings (SSSR count). The van der Waals surface area contributed by atoms with E-state index >= 15 is 8.78 Å². The Morgan fingerprint density at radius 3 is 2.66 bits per heavy atom. The van der Waals surface area contributed by atoms with E-state index in [0.29, 0.717) is 43.2 Å². The predicted octanol–water partition coefficient (Wildman–Crippen LogP) is 4.63. The summed E-state index contributed by atoms with van der Waals surface area (Å²) in [6.07, 6.45) is 3.31. The van der Waals surface area contributed by atoms with Gasteiger partial charge in [0.1, 0.15) is 28.8 Å². The standard InChI is InChI=1S/C32H32F2N6O4/c1-5-26(41)38-10-11-39(19(4)17-38)30-21-15-23(34)29-27-22(33)8-6-9-25(27)44-13-7-12-43-20-14-24(28(18(2)3)35-16-20)40(31(21)36-29)32(42)37-30/h5-6,8-9,14-16,18-19H,1,7,10-13,17H2,2-4H3/t19-/m0/s1. The molecule has 0 spiro atoms. The third kappa shape index (κ3) is 5.14. The van der Waals surface area contributed by atoms with Gasteiger partial charge in [-0.1, -0.05) is 26.5 Å². The normalized spacial score (nSPS) is 16.7. The topological polar surface area (TPSA) is 103 Å². The number of aromatic nitrogens is 4. The molecule has 0 unspecified atom stereocenters. The summed E-state index contributed by atoms with van der Waals surface area (Å²) in [5.74, 6) is -1.07. The summed E-state index contributed by atoms with van der Waals surface area (Å²) in [5, 5.41) is 0.244. The van der Waals surface area contributed by atoms with Crippen LogP contribution in [-0.2, 0) is 4.79 Å². The first kappa shape index (κ1) is 29.2. The van der Waals surface area contributed by atoms with Crippen molar-refractivity contribution in [2.45, 2.75) is 39.2 Å². The molecule has 1 amide bonds. The number of pyridine rings is 2. The van der Waals surface area contributed by atoms with Gasteiger partial charge < -0.3 is 19.3 Å². The molecule has 12 heteroatoms. The van der Waals surface area contributed by atoms with E-state index < -0.39 is 17.3 Å². The van der Waals surface area contributed by atoms with E-state index in [0.717, 1.165) is 0 Å².